The second-order valence-electron chi connectivity index (χ2n) is 6.31. The minimum Gasteiger partial charge on any atom is -0.497 e. The fourth-order valence-corrected chi connectivity index (χ4v) is 4.43. The lowest BCUT2D eigenvalue weighted by molar-refractivity contribution is 0.415. The van der Waals surface area contributed by atoms with Gasteiger partial charge < -0.3 is 10.1 Å². The van der Waals surface area contributed by atoms with Gasteiger partial charge in [-0.3, -0.25) is 0 Å². The third kappa shape index (κ3) is 3.98. The SMILES string of the molecule is COc1ccc(-c2csc3ncnc(NCCc4ccc(SC)cc4)c23)cc1. The van der Waals surface area contributed by atoms with Gasteiger partial charge in [0, 0.05) is 22.4 Å². The molecule has 2 aromatic heterocycles. The fourth-order valence-electron chi connectivity index (χ4n) is 3.11. The van der Waals surface area contributed by atoms with Gasteiger partial charge in [0.05, 0.1) is 12.5 Å². The molecule has 0 bridgehead atoms. The molecule has 4 aromatic rings. The molecular weight excluding hydrogens is 386 g/mol. The number of thioether (sulfide) groups is 1. The summed E-state index contributed by atoms with van der Waals surface area (Å²) in [6.45, 7) is 0.822. The van der Waals surface area contributed by atoms with Crippen LogP contribution in [0, 0.1) is 0 Å². The number of fused-ring (bicyclic) bond motifs is 1. The predicted octanol–water partition coefficient (Wildman–Crippen LogP) is 5.74. The predicted molar refractivity (Wildman–Crippen MR) is 120 cm³/mol. The first-order valence-corrected chi connectivity index (χ1v) is 11.1. The van der Waals surface area contributed by atoms with Gasteiger partial charge in [-0.1, -0.05) is 24.3 Å². The average molecular weight is 408 g/mol. The summed E-state index contributed by atoms with van der Waals surface area (Å²) < 4.78 is 5.27. The number of rotatable bonds is 7. The third-order valence-corrected chi connectivity index (χ3v) is 6.27. The van der Waals surface area contributed by atoms with Crippen LogP contribution in [0.1, 0.15) is 5.56 Å². The number of benzene rings is 2. The molecule has 0 amide bonds. The van der Waals surface area contributed by atoms with Gasteiger partial charge in [-0.05, 0) is 48.1 Å². The smallest absolute Gasteiger partial charge is 0.138 e. The topological polar surface area (TPSA) is 47.0 Å². The fraction of sp³-hybridized carbons (Fsp3) is 0.182. The molecule has 0 saturated heterocycles. The Kier molecular flexibility index (Phi) is 5.78. The quantitative estimate of drug-likeness (QED) is 0.396. The van der Waals surface area contributed by atoms with E-state index in [9.17, 15) is 0 Å². The van der Waals surface area contributed by atoms with Crippen molar-refractivity contribution in [3.63, 3.8) is 0 Å². The van der Waals surface area contributed by atoms with Gasteiger partial charge in [-0.15, -0.1) is 23.1 Å². The van der Waals surface area contributed by atoms with Crippen LogP contribution in [0.15, 0.2) is 65.1 Å². The highest BCUT2D eigenvalue weighted by Crippen LogP contribution is 2.37. The van der Waals surface area contributed by atoms with Crippen molar-refractivity contribution in [2.45, 2.75) is 11.3 Å². The third-order valence-electron chi connectivity index (χ3n) is 4.64. The van der Waals surface area contributed by atoms with Gasteiger partial charge in [0.1, 0.15) is 22.7 Å². The minimum absolute atomic E-state index is 0.822. The monoisotopic (exact) mass is 407 g/mol. The summed E-state index contributed by atoms with van der Waals surface area (Å²) in [4.78, 5) is 11.2. The van der Waals surface area contributed by atoms with Crippen molar-refractivity contribution < 1.29 is 4.74 Å². The summed E-state index contributed by atoms with van der Waals surface area (Å²) in [7, 11) is 1.68. The normalized spacial score (nSPS) is 10.9. The van der Waals surface area contributed by atoms with Crippen molar-refractivity contribution >= 4 is 39.1 Å². The van der Waals surface area contributed by atoms with Crippen LogP contribution in [0.2, 0.25) is 0 Å². The van der Waals surface area contributed by atoms with Crippen LogP contribution in [0.25, 0.3) is 21.3 Å². The highest BCUT2D eigenvalue weighted by molar-refractivity contribution is 7.98. The second kappa shape index (κ2) is 8.63. The lowest BCUT2D eigenvalue weighted by Gasteiger charge is -2.09. The van der Waals surface area contributed by atoms with Gasteiger partial charge in [0.15, 0.2) is 0 Å². The van der Waals surface area contributed by atoms with Crippen LogP contribution in [0.3, 0.4) is 0 Å². The van der Waals surface area contributed by atoms with Crippen LogP contribution in [0.5, 0.6) is 5.75 Å². The van der Waals surface area contributed by atoms with Crippen LogP contribution in [-0.4, -0.2) is 29.9 Å². The molecule has 0 fully saturated rings. The first-order valence-electron chi connectivity index (χ1n) is 9.02. The van der Waals surface area contributed by atoms with Crippen LogP contribution >= 0.6 is 23.1 Å². The Bertz CT molecular complexity index is 1060. The zero-order valence-corrected chi connectivity index (χ0v) is 17.4. The molecule has 0 saturated carbocycles. The average Bonchev–Trinajstić information content (AvgIpc) is 3.19. The Morgan fingerprint density at radius 3 is 2.54 bits per heavy atom. The summed E-state index contributed by atoms with van der Waals surface area (Å²) in [5, 5.41) is 6.73. The molecule has 4 rings (SSSR count). The first-order chi connectivity index (χ1) is 13.8. The van der Waals surface area contributed by atoms with Crippen molar-refractivity contribution in [3.05, 3.63) is 65.8 Å². The van der Waals surface area contributed by atoms with Crippen LogP contribution in [0.4, 0.5) is 5.82 Å². The molecule has 1 N–H and O–H groups in total. The van der Waals surface area contributed by atoms with E-state index in [-0.39, 0.29) is 0 Å². The molecule has 0 radical (unpaired) electrons. The van der Waals surface area contributed by atoms with E-state index in [4.69, 9.17) is 4.74 Å². The molecule has 2 heterocycles. The summed E-state index contributed by atoms with van der Waals surface area (Å²) in [6, 6.07) is 16.8. The van der Waals surface area contributed by atoms with E-state index >= 15 is 0 Å². The molecule has 142 valence electrons. The number of methoxy groups -OCH3 is 1. The number of hydrogen-bond donors (Lipinski definition) is 1. The van der Waals surface area contributed by atoms with Gasteiger partial charge in [0.2, 0.25) is 0 Å². The lowest BCUT2D eigenvalue weighted by Crippen LogP contribution is -2.07. The Balaban J connectivity index is 1.55. The molecule has 0 aliphatic heterocycles. The highest BCUT2D eigenvalue weighted by Gasteiger charge is 2.13. The Hall–Kier alpha value is -2.57. The summed E-state index contributed by atoms with van der Waals surface area (Å²) >= 11 is 3.41. The first kappa shape index (κ1) is 18.8. The summed E-state index contributed by atoms with van der Waals surface area (Å²) in [5.74, 6) is 1.74. The standard InChI is InChI=1S/C22H21N3OS2/c1-26-17-7-5-16(6-8-17)19-13-28-22-20(19)21(24-14-25-22)23-12-11-15-3-9-18(27-2)10-4-15/h3-10,13-14H,11-12H2,1-2H3,(H,23,24,25). The number of ether oxygens (including phenoxy) is 1. The number of nitrogens with one attached hydrogen (secondary N) is 1. The largest absolute Gasteiger partial charge is 0.497 e. The molecular formula is C22H21N3OS2. The molecule has 4 nitrogen and oxygen atoms in total. The second-order valence-corrected chi connectivity index (χ2v) is 8.04. The van der Waals surface area contributed by atoms with E-state index < -0.39 is 0 Å². The van der Waals surface area contributed by atoms with Gasteiger partial charge in [-0.2, -0.15) is 0 Å². The Morgan fingerprint density at radius 2 is 1.82 bits per heavy atom. The zero-order valence-electron chi connectivity index (χ0n) is 15.8. The zero-order chi connectivity index (χ0) is 19.3. The van der Waals surface area contributed by atoms with Crippen molar-refractivity contribution in [1.82, 2.24) is 9.97 Å². The maximum Gasteiger partial charge on any atom is 0.138 e. The number of thiophene rings is 1. The molecule has 6 heteroatoms. The molecule has 0 unspecified atom stereocenters. The van der Waals surface area contributed by atoms with Gasteiger partial charge in [-0.25, -0.2) is 9.97 Å². The van der Waals surface area contributed by atoms with E-state index in [1.54, 1.807) is 36.5 Å². The van der Waals surface area contributed by atoms with Crippen LogP contribution < -0.4 is 10.1 Å². The molecule has 0 aliphatic rings. The maximum absolute atomic E-state index is 5.27. The van der Waals surface area contributed by atoms with E-state index in [0.717, 1.165) is 45.9 Å². The highest BCUT2D eigenvalue weighted by atomic mass is 32.2. The lowest BCUT2D eigenvalue weighted by atomic mass is 10.1. The number of aromatic nitrogens is 2. The van der Waals surface area contributed by atoms with Crippen molar-refractivity contribution in [2.24, 2.45) is 0 Å². The van der Waals surface area contributed by atoms with Crippen molar-refractivity contribution in [1.29, 1.82) is 0 Å². The molecule has 0 aliphatic carbocycles. The number of nitrogens with zero attached hydrogens (tertiary/aromatic N) is 2. The molecule has 0 spiro atoms. The van der Waals surface area contributed by atoms with Gasteiger partial charge in [0.25, 0.3) is 0 Å². The van der Waals surface area contributed by atoms with Crippen LogP contribution in [-0.2, 0) is 6.42 Å². The van der Waals surface area contributed by atoms with E-state index in [2.05, 4.69) is 63.3 Å². The molecule has 28 heavy (non-hydrogen) atoms. The van der Waals surface area contributed by atoms with E-state index in [1.807, 2.05) is 12.1 Å². The van der Waals surface area contributed by atoms with Crippen molar-refractivity contribution in [2.75, 3.05) is 25.2 Å². The number of anilines is 1. The summed E-state index contributed by atoms with van der Waals surface area (Å²) in [5.41, 5.74) is 3.60. The van der Waals surface area contributed by atoms with E-state index in [0.29, 0.717) is 0 Å². The maximum atomic E-state index is 5.27. The van der Waals surface area contributed by atoms with Gasteiger partial charge >= 0.3 is 0 Å². The minimum atomic E-state index is 0.822. The summed E-state index contributed by atoms with van der Waals surface area (Å²) in [6.07, 6.45) is 4.67. The Morgan fingerprint density at radius 1 is 1.04 bits per heavy atom. The van der Waals surface area contributed by atoms with E-state index in [1.165, 1.54) is 10.5 Å². The molecule has 2 aromatic carbocycles. The molecule has 0 atom stereocenters. The Labute approximate surface area is 173 Å². The van der Waals surface area contributed by atoms with Crippen molar-refractivity contribution in [3.8, 4) is 16.9 Å². The number of hydrogen-bond acceptors (Lipinski definition) is 6.